The number of hydrogen-bond acceptors (Lipinski definition) is 0. The van der Waals surface area contributed by atoms with Gasteiger partial charge >= 0.3 is 35.8 Å². The smallest absolute Gasteiger partial charge is 0.200 e. The molecule has 1 aromatic rings. The zero-order chi connectivity index (χ0) is 23.8. The lowest BCUT2D eigenvalue weighted by Crippen LogP contribution is -2.70. The Morgan fingerprint density at radius 1 is 0.567 bits per heavy atom. The van der Waals surface area contributed by atoms with Gasteiger partial charge in [0, 0.05) is 9.99 Å². The predicted octanol–water partition coefficient (Wildman–Crippen LogP) is 7.74. The van der Waals surface area contributed by atoms with E-state index in [1.54, 1.807) is 24.3 Å². The summed E-state index contributed by atoms with van der Waals surface area (Å²) in [6, 6.07) is 6.31. The third kappa shape index (κ3) is 4.76. The summed E-state index contributed by atoms with van der Waals surface area (Å²) in [7, 11) is 0. The first-order valence-electron chi connectivity index (χ1n) is 7.92. The van der Waals surface area contributed by atoms with Crippen molar-refractivity contribution in [2.75, 3.05) is 0 Å². The molecule has 0 atom stereocenters. The summed E-state index contributed by atoms with van der Waals surface area (Å²) >= 11 is 1.95. The Kier molecular flexibility index (Phi) is 7.69. The van der Waals surface area contributed by atoms with Crippen molar-refractivity contribution < 1.29 is 57.1 Å². The van der Waals surface area contributed by atoms with Crippen LogP contribution in [0.5, 0.6) is 0 Å². The second kappa shape index (κ2) is 8.52. The molecule has 0 aliphatic carbocycles. The molecule has 0 aliphatic rings. The van der Waals surface area contributed by atoms with E-state index in [-0.39, 0.29) is 12.8 Å². The van der Waals surface area contributed by atoms with Crippen LogP contribution in [0.4, 0.5) is 57.1 Å². The molecule has 14 heteroatoms. The molecule has 0 amide bonds. The molecular formula is C16H12F13I. The Balaban J connectivity index is 2.98. The summed E-state index contributed by atoms with van der Waals surface area (Å²) in [4.78, 5) is 0. The first-order chi connectivity index (χ1) is 13.2. The molecule has 0 saturated heterocycles. The molecular weight excluding hydrogens is 566 g/mol. The number of halogens is 14. The molecule has 0 radical (unpaired) electrons. The lowest BCUT2D eigenvalue weighted by Gasteiger charge is -2.39. The number of aryl methyl sites for hydroxylation is 1. The monoisotopic (exact) mass is 578 g/mol. The fourth-order valence-electron chi connectivity index (χ4n) is 2.29. The number of hydrogen-bond donors (Lipinski definition) is 0. The van der Waals surface area contributed by atoms with Gasteiger partial charge in [-0.1, -0.05) is 12.1 Å². The SMILES string of the molecule is FC(F)(F)C(F)(F)C(F)(F)C(F)(F)C(F)(F)C(F)(F)CCCCc1ccc(I)cc1. The third-order valence-corrected chi connectivity index (χ3v) is 4.84. The van der Waals surface area contributed by atoms with Crippen LogP contribution < -0.4 is 0 Å². The van der Waals surface area contributed by atoms with Gasteiger partial charge in [-0.2, -0.15) is 57.1 Å². The van der Waals surface area contributed by atoms with Crippen molar-refractivity contribution in [3.8, 4) is 0 Å². The van der Waals surface area contributed by atoms with Gasteiger partial charge in [0.05, 0.1) is 0 Å². The van der Waals surface area contributed by atoms with E-state index in [0.29, 0.717) is 5.56 Å². The van der Waals surface area contributed by atoms with Crippen LogP contribution in [0.1, 0.15) is 24.8 Å². The molecule has 0 saturated carbocycles. The van der Waals surface area contributed by atoms with Gasteiger partial charge in [0.2, 0.25) is 0 Å². The Bertz CT molecular complexity index is 707. The summed E-state index contributed by atoms with van der Waals surface area (Å²) in [5.41, 5.74) is 0.548. The van der Waals surface area contributed by atoms with Gasteiger partial charge in [0.15, 0.2) is 0 Å². The van der Waals surface area contributed by atoms with E-state index in [4.69, 9.17) is 0 Å². The van der Waals surface area contributed by atoms with Crippen LogP contribution in [0.15, 0.2) is 24.3 Å². The van der Waals surface area contributed by atoms with Gasteiger partial charge in [0.25, 0.3) is 0 Å². The van der Waals surface area contributed by atoms with Gasteiger partial charge in [0.1, 0.15) is 0 Å². The van der Waals surface area contributed by atoms with Crippen molar-refractivity contribution in [1.29, 1.82) is 0 Å². The van der Waals surface area contributed by atoms with Crippen molar-refractivity contribution in [2.24, 2.45) is 0 Å². The van der Waals surface area contributed by atoms with Crippen LogP contribution in [-0.4, -0.2) is 35.8 Å². The number of rotatable bonds is 9. The number of benzene rings is 1. The van der Waals surface area contributed by atoms with E-state index in [1.165, 1.54) is 0 Å². The molecule has 0 spiro atoms. The van der Waals surface area contributed by atoms with Gasteiger partial charge in [-0.05, 0) is 59.5 Å². The van der Waals surface area contributed by atoms with Crippen LogP contribution in [0.25, 0.3) is 0 Å². The number of unbranched alkanes of at least 4 members (excludes halogenated alkanes) is 1. The molecule has 0 heterocycles. The van der Waals surface area contributed by atoms with Crippen LogP contribution in [0, 0.1) is 3.57 Å². The minimum absolute atomic E-state index is 0.0112. The van der Waals surface area contributed by atoms with Gasteiger partial charge in [-0.25, -0.2) is 0 Å². The van der Waals surface area contributed by atoms with E-state index in [9.17, 15) is 57.1 Å². The van der Waals surface area contributed by atoms with Crippen molar-refractivity contribution in [3.05, 3.63) is 33.4 Å². The Labute approximate surface area is 174 Å². The van der Waals surface area contributed by atoms with Gasteiger partial charge in [-0.3, -0.25) is 0 Å². The molecule has 0 unspecified atom stereocenters. The molecule has 1 aromatic carbocycles. The minimum atomic E-state index is -7.84. The standard InChI is InChI=1S/C16H12F13I/c17-11(18,8-2-1-3-9-4-6-10(30)7-5-9)12(19,20)13(21,22)14(23,24)15(25,26)16(27,28)29/h4-7H,1-3,8H2. The topological polar surface area (TPSA) is 0 Å². The first kappa shape index (κ1) is 27.1. The average Bonchev–Trinajstić information content (AvgIpc) is 2.58. The number of alkyl halides is 13. The largest absolute Gasteiger partial charge is 0.460 e. The maximum atomic E-state index is 13.6. The normalized spacial score (nSPS) is 14.9. The lowest BCUT2D eigenvalue weighted by molar-refractivity contribution is -0.440. The summed E-state index contributed by atoms with van der Waals surface area (Å²) in [5.74, 6) is -36.4. The van der Waals surface area contributed by atoms with E-state index in [2.05, 4.69) is 0 Å². The molecule has 174 valence electrons. The zero-order valence-corrected chi connectivity index (χ0v) is 16.6. The molecule has 0 nitrogen and oxygen atoms in total. The van der Waals surface area contributed by atoms with Crippen LogP contribution in [0.2, 0.25) is 0 Å². The highest BCUT2D eigenvalue weighted by atomic mass is 127. The first-order valence-corrected chi connectivity index (χ1v) is 9.00. The average molecular weight is 578 g/mol. The molecule has 30 heavy (non-hydrogen) atoms. The maximum Gasteiger partial charge on any atom is 0.460 e. The summed E-state index contributed by atoms with van der Waals surface area (Å²) in [5, 5.41) is 0. The molecule has 1 rings (SSSR count). The zero-order valence-electron chi connectivity index (χ0n) is 14.4. The fourth-order valence-corrected chi connectivity index (χ4v) is 2.65. The molecule has 0 aromatic heterocycles. The van der Waals surface area contributed by atoms with E-state index >= 15 is 0 Å². The Morgan fingerprint density at radius 3 is 1.43 bits per heavy atom. The van der Waals surface area contributed by atoms with E-state index in [0.717, 1.165) is 3.57 Å². The highest BCUT2D eigenvalue weighted by Gasteiger charge is 2.90. The maximum absolute atomic E-state index is 13.6. The van der Waals surface area contributed by atoms with E-state index < -0.39 is 48.6 Å². The van der Waals surface area contributed by atoms with Crippen LogP contribution in [0.3, 0.4) is 0 Å². The van der Waals surface area contributed by atoms with Crippen molar-refractivity contribution >= 4 is 22.6 Å². The lowest BCUT2D eigenvalue weighted by atomic mass is 9.91. The highest BCUT2D eigenvalue weighted by molar-refractivity contribution is 14.1. The van der Waals surface area contributed by atoms with Gasteiger partial charge < -0.3 is 0 Å². The van der Waals surface area contributed by atoms with Crippen LogP contribution in [-0.2, 0) is 6.42 Å². The van der Waals surface area contributed by atoms with Gasteiger partial charge in [-0.15, -0.1) is 0 Å². The molecule has 0 aliphatic heterocycles. The second-order valence-electron chi connectivity index (χ2n) is 6.33. The Hall–Kier alpha value is -0.960. The molecule has 0 bridgehead atoms. The quantitative estimate of drug-likeness (QED) is 0.160. The van der Waals surface area contributed by atoms with Crippen molar-refractivity contribution in [2.45, 2.75) is 61.5 Å². The summed E-state index contributed by atoms with van der Waals surface area (Å²) in [6.07, 6.45) is -10.7. The highest BCUT2D eigenvalue weighted by Crippen LogP contribution is 2.60. The van der Waals surface area contributed by atoms with Crippen molar-refractivity contribution in [1.82, 2.24) is 0 Å². The van der Waals surface area contributed by atoms with E-state index in [1.807, 2.05) is 22.6 Å². The Morgan fingerprint density at radius 2 is 1.00 bits per heavy atom. The van der Waals surface area contributed by atoms with Crippen molar-refractivity contribution in [3.63, 3.8) is 0 Å². The predicted molar refractivity (Wildman–Crippen MR) is 87.5 cm³/mol. The fraction of sp³-hybridized carbons (Fsp3) is 0.625. The summed E-state index contributed by atoms with van der Waals surface area (Å²) < 4.78 is 169. The summed E-state index contributed by atoms with van der Waals surface area (Å²) in [6.45, 7) is 0. The molecule has 0 N–H and O–H groups in total. The molecule has 0 fully saturated rings. The minimum Gasteiger partial charge on any atom is -0.200 e. The van der Waals surface area contributed by atoms with Crippen LogP contribution >= 0.6 is 22.6 Å². The third-order valence-electron chi connectivity index (χ3n) is 4.12. The second-order valence-corrected chi connectivity index (χ2v) is 7.58.